The van der Waals surface area contributed by atoms with Gasteiger partial charge in [-0.05, 0) is 24.6 Å². The molecule has 1 aromatic carbocycles. The molecule has 10 heteroatoms. The summed E-state index contributed by atoms with van der Waals surface area (Å²) in [6.45, 7) is 1.58. The molecule has 0 aliphatic rings. The van der Waals surface area contributed by atoms with E-state index in [0.717, 1.165) is 22.4 Å². The number of thioether (sulfide) groups is 1. The SMILES string of the molecule is COC(=O)c1c(NC(=O)CSc2nc3ccccc3[nH]2)sc(C(N)=O)c1C. The number of esters is 1. The Morgan fingerprint density at radius 2 is 2.07 bits per heavy atom. The highest BCUT2D eigenvalue weighted by Gasteiger charge is 2.25. The summed E-state index contributed by atoms with van der Waals surface area (Å²) in [5.74, 6) is -1.58. The summed E-state index contributed by atoms with van der Waals surface area (Å²) in [5.41, 5.74) is 7.55. The summed E-state index contributed by atoms with van der Waals surface area (Å²) in [6, 6.07) is 7.55. The van der Waals surface area contributed by atoms with E-state index in [1.807, 2.05) is 24.3 Å². The third kappa shape index (κ3) is 3.96. The number of thiophene rings is 1. The molecule has 0 spiro atoms. The summed E-state index contributed by atoms with van der Waals surface area (Å²) in [7, 11) is 1.23. The molecule has 0 saturated heterocycles. The minimum absolute atomic E-state index is 0.0727. The molecule has 0 aliphatic heterocycles. The van der Waals surface area contributed by atoms with Crippen LogP contribution < -0.4 is 11.1 Å². The zero-order valence-electron chi connectivity index (χ0n) is 14.5. The number of aromatic amines is 1. The van der Waals surface area contributed by atoms with Crippen LogP contribution in [-0.4, -0.2) is 40.6 Å². The van der Waals surface area contributed by atoms with E-state index in [1.54, 1.807) is 6.92 Å². The molecule has 0 bridgehead atoms. The van der Waals surface area contributed by atoms with Crippen molar-refractivity contribution in [1.29, 1.82) is 0 Å². The number of anilines is 1. The van der Waals surface area contributed by atoms with Crippen LogP contribution in [0.5, 0.6) is 0 Å². The number of amides is 2. The van der Waals surface area contributed by atoms with E-state index in [1.165, 1.54) is 18.9 Å². The maximum absolute atomic E-state index is 12.3. The van der Waals surface area contributed by atoms with Crippen molar-refractivity contribution in [2.24, 2.45) is 5.73 Å². The van der Waals surface area contributed by atoms with Crippen molar-refractivity contribution in [2.75, 3.05) is 18.2 Å². The fourth-order valence-electron chi connectivity index (χ4n) is 2.48. The number of H-pyrrole nitrogens is 1. The molecule has 3 aromatic rings. The van der Waals surface area contributed by atoms with E-state index in [2.05, 4.69) is 15.3 Å². The minimum Gasteiger partial charge on any atom is -0.465 e. The number of nitrogens with two attached hydrogens (primary N) is 1. The number of carbonyl (C=O) groups excluding carboxylic acids is 3. The van der Waals surface area contributed by atoms with Gasteiger partial charge in [-0.15, -0.1) is 11.3 Å². The van der Waals surface area contributed by atoms with Crippen molar-refractivity contribution in [3.05, 3.63) is 40.3 Å². The maximum atomic E-state index is 12.3. The molecule has 4 N–H and O–H groups in total. The van der Waals surface area contributed by atoms with Gasteiger partial charge in [-0.3, -0.25) is 9.59 Å². The van der Waals surface area contributed by atoms with Crippen LogP contribution in [0.2, 0.25) is 0 Å². The molecule has 3 rings (SSSR count). The second-order valence-electron chi connectivity index (χ2n) is 5.51. The van der Waals surface area contributed by atoms with Crippen LogP contribution in [-0.2, 0) is 9.53 Å². The average Bonchev–Trinajstić information content (AvgIpc) is 3.20. The Labute approximate surface area is 162 Å². The standard InChI is InChI=1S/C17H16N4O4S2/c1-8-12(16(24)25-2)15(27-13(8)14(18)23)21-11(22)7-26-17-19-9-5-3-4-6-10(9)20-17/h3-6H,7H2,1-2H3,(H2,18,23)(H,19,20)(H,21,22). The molecule has 2 aromatic heterocycles. The van der Waals surface area contributed by atoms with Gasteiger partial charge in [0, 0.05) is 0 Å². The third-order valence-electron chi connectivity index (χ3n) is 3.72. The number of benzene rings is 1. The van der Waals surface area contributed by atoms with Crippen molar-refractivity contribution in [1.82, 2.24) is 9.97 Å². The van der Waals surface area contributed by atoms with E-state index in [0.29, 0.717) is 10.7 Å². The third-order valence-corrected chi connectivity index (χ3v) is 5.82. The molecular formula is C17H16N4O4S2. The summed E-state index contributed by atoms with van der Waals surface area (Å²) in [6.07, 6.45) is 0. The average molecular weight is 404 g/mol. The number of nitrogens with one attached hydrogen (secondary N) is 2. The highest BCUT2D eigenvalue weighted by Crippen LogP contribution is 2.33. The van der Waals surface area contributed by atoms with Crippen LogP contribution in [0, 0.1) is 6.92 Å². The molecular weight excluding hydrogens is 388 g/mol. The van der Waals surface area contributed by atoms with E-state index >= 15 is 0 Å². The van der Waals surface area contributed by atoms with Gasteiger partial charge in [0.2, 0.25) is 5.91 Å². The molecule has 27 heavy (non-hydrogen) atoms. The lowest BCUT2D eigenvalue weighted by atomic mass is 10.1. The molecule has 2 amide bonds. The molecule has 0 saturated carbocycles. The normalized spacial score (nSPS) is 10.7. The van der Waals surface area contributed by atoms with Crippen LogP contribution in [0.1, 0.15) is 25.6 Å². The minimum atomic E-state index is -0.667. The maximum Gasteiger partial charge on any atom is 0.341 e. The van der Waals surface area contributed by atoms with Gasteiger partial charge in [0.25, 0.3) is 5.91 Å². The number of hydrogen-bond donors (Lipinski definition) is 3. The summed E-state index contributed by atoms with van der Waals surface area (Å²) in [5, 5.41) is 3.50. The molecule has 2 heterocycles. The van der Waals surface area contributed by atoms with Gasteiger partial charge in [0.1, 0.15) is 5.00 Å². The summed E-state index contributed by atoms with van der Waals surface area (Å²) < 4.78 is 4.74. The molecule has 0 fully saturated rings. The molecule has 0 atom stereocenters. The molecule has 8 nitrogen and oxygen atoms in total. The number of rotatable bonds is 6. The van der Waals surface area contributed by atoms with Crippen molar-refractivity contribution in [2.45, 2.75) is 12.1 Å². The van der Waals surface area contributed by atoms with Gasteiger partial charge in [-0.2, -0.15) is 0 Å². The Morgan fingerprint density at radius 1 is 1.33 bits per heavy atom. The monoisotopic (exact) mass is 404 g/mol. The Kier molecular flexibility index (Phi) is 5.47. The zero-order valence-corrected chi connectivity index (χ0v) is 16.1. The fraction of sp³-hybridized carbons (Fsp3) is 0.176. The summed E-state index contributed by atoms with van der Waals surface area (Å²) in [4.78, 5) is 43.6. The number of methoxy groups -OCH3 is 1. The van der Waals surface area contributed by atoms with Gasteiger partial charge < -0.3 is 20.8 Å². The number of aromatic nitrogens is 2. The van der Waals surface area contributed by atoms with Crippen LogP contribution >= 0.6 is 23.1 Å². The molecule has 0 radical (unpaired) electrons. The first-order valence-electron chi connectivity index (χ1n) is 7.79. The lowest BCUT2D eigenvalue weighted by Crippen LogP contribution is -2.16. The summed E-state index contributed by atoms with van der Waals surface area (Å²) >= 11 is 2.18. The number of imidazole rings is 1. The van der Waals surface area contributed by atoms with Crippen molar-refractivity contribution >= 4 is 56.9 Å². The number of primary amides is 1. The Hall–Kier alpha value is -2.85. The van der Waals surface area contributed by atoms with Crippen LogP contribution in [0.3, 0.4) is 0 Å². The lowest BCUT2D eigenvalue weighted by molar-refractivity contribution is -0.113. The molecule has 0 aliphatic carbocycles. The second-order valence-corrected chi connectivity index (χ2v) is 7.50. The first-order valence-corrected chi connectivity index (χ1v) is 9.59. The predicted molar refractivity (Wildman–Crippen MR) is 104 cm³/mol. The molecule has 140 valence electrons. The first-order chi connectivity index (χ1) is 12.9. The van der Waals surface area contributed by atoms with Gasteiger partial charge >= 0.3 is 5.97 Å². The first kappa shape index (κ1) is 18.9. The number of hydrogen-bond acceptors (Lipinski definition) is 7. The highest BCUT2D eigenvalue weighted by molar-refractivity contribution is 7.99. The zero-order chi connectivity index (χ0) is 19.6. The topological polar surface area (TPSA) is 127 Å². The van der Waals surface area contributed by atoms with E-state index in [-0.39, 0.29) is 27.1 Å². The van der Waals surface area contributed by atoms with Crippen LogP contribution in [0.4, 0.5) is 5.00 Å². The van der Waals surface area contributed by atoms with Crippen molar-refractivity contribution in [3.8, 4) is 0 Å². The molecule has 0 unspecified atom stereocenters. The van der Waals surface area contributed by atoms with Gasteiger partial charge in [-0.25, -0.2) is 9.78 Å². The highest BCUT2D eigenvalue weighted by atomic mass is 32.2. The van der Waals surface area contributed by atoms with E-state index < -0.39 is 11.9 Å². The predicted octanol–water partition coefficient (Wildman–Crippen LogP) is 2.55. The quantitative estimate of drug-likeness (QED) is 0.428. The van der Waals surface area contributed by atoms with Crippen LogP contribution in [0.25, 0.3) is 11.0 Å². The van der Waals surface area contributed by atoms with Crippen molar-refractivity contribution < 1.29 is 19.1 Å². The van der Waals surface area contributed by atoms with Gasteiger partial charge in [0.05, 0.1) is 34.3 Å². The van der Waals surface area contributed by atoms with Crippen LogP contribution in [0.15, 0.2) is 29.4 Å². The largest absolute Gasteiger partial charge is 0.465 e. The van der Waals surface area contributed by atoms with E-state index in [4.69, 9.17) is 10.5 Å². The fourth-order valence-corrected chi connectivity index (χ4v) is 4.23. The smallest absolute Gasteiger partial charge is 0.341 e. The van der Waals surface area contributed by atoms with E-state index in [9.17, 15) is 14.4 Å². The number of fused-ring (bicyclic) bond motifs is 1. The Balaban J connectivity index is 1.74. The Morgan fingerprint density at radius 3 is 2.74 bits per heavy atom. The number of para-hydroxylation sites is 2. The van der Waals surface area contributed by atoms with Gasteiger partial charge in [-0.1, -0.05) is 23.9 Å². The Bertz CT molecular complexity index is 1010. The second kappa shape index (κ2) is 7.80. The van der Waals surface area contributed by atoms with Gasteiger partial charge in [0.15, 0.2) is 5.16 Å². The number of carbonyl (C=O) groups is 3. The van der Waals surface area contributed by atoms with Crippen molar-refractivity contribution in [3.63, 3.8) is 0 Å². The number of nitrogens with zero attached hydrogens (tertiary/aromatic N) is 1. The number of ether oxygens (including phenoxy) is 1. The lowest BCUT2D eigenvalue weighted by Gasteiger charge is -2.05.